The number of aryl methyl sites for hydroxylation is 1. The summed E-state index contributed by atoms with van der Waals surface area (Å²) < 4.78 is 10.9. The van der Waals surface area contributed by atoms with Crippen LogP contribution in [0.1, 0.15) is 21.1 Å². The number of hydrogen-bond donors (Lipinski definition) is 1. The minimum Gasteiger partial charge on any atom is -0.497 e. The van der Waals surface area contributed by atoms with Gasteiger partial charge in [0.25, 0.3) is 5.91 Å². The molecule has 0 aliphatic heterocycles. The molecule has 2 aromatic carbocycles. The number of ether oxygens (including phenoxy) is 2. The van der Waals surface area contributed by atoms with Gasteiger partial charge in [-0.05, 0) is 37.3 Å². The first-order valence-corrected chi connectivity index (χ1v) is 8.61. The maximum absolute atomic E-state index is 12.4. The van der Waals surface area contributed by atoms with Crippen LogP contribution in [0.25, 0.3) is 0 Å². The Morgan fingerprint density at radius 1 is 1.16 bits per heavy atom. The van der Waals surface area contributed by atoms with E-state index in [9.17, 15) is 4.79 Å². The van der Waals surface area contributed by atoms with Crippen LogP contribution in [0.3, 0.4) is 0 Å². The SMILES string of the molecule is COc1cccc(NC(=O)c2cccc(OCc3csc(C)n3)c2)c1. The van der Waals surface area contributed by atoms with Gasteiger partial charge in [0.1, 0.15) is 18.1 Å². The van der Waals surface area contributed by atoms with Crippen LogP contribution in [0.4, 0.5) is 5.69 Å². The summed E-state index contributed by atoms with van der Waals surface area (Å²) >= 11 is 1.59. The molecule has 1 heterocycles. The third-order valence-electron chi connectivity index (χ3n) is 3.48. The van der Waals surface area contributed by atoms with Crippen molar-refractivity contribution in [3.8, 4) is 11.5 Å². The van der Waals surface area contributed by atoms with Crippen molar-refractivity contribution in [2.75, 3.05) is 12.4 Å². The zero-order chi connectivity index (χ0) is 17.6. The molecule has 3 rings (SSSR count). The molecular formula is C19H18N2O3S. The Labute approximate surface area is 150 Å². The lowest BCUT2D eigenvalue weighted by Crippen LogP contribution is -2.12. The molecule has 3 aromatic rings. The molecule has 0 aliphatic carbocycles. The van der Waals surface area contributed by atoms with Crippen LogP contribution in [0.15, 0.2) is 53.9 Å². The van der Waals surface area contributed by atoms with Crippen LogP contribution in [0, 0.1) is 6.92 Å². The van der Waals surface area contributed by atoms with E-state index in [1.807, 2.05) is 36.6 Å². The van der Waals surface area contributed by atoms with Crippen molar-refractivity contribution in [1.29, 1.82) is 0 Å². The van der Waals surface area contributed by atoms with Crippen molar-refractivity contribution < 1.29 is 14.3 Å². The van der Waals surface area contributed by atoms with E-state index in [1.54, 1.807) is 42.7 Å². The normalized spacial score (nSPS) is 10.3. The Bertz CT molecular complexity index is 876. The van der Waals surface area contributed by atoms with E-state index in [1.165, 1.54) is 0 Å². The monoisotopic (exact) mass is 354 g/mol. The second kappa shape index (κ2) is 7.81. The smallest absolute Gasteiger partial charge is 0.255 e. The van der Waals surface area contributed by atoms with Gasteiger partial charge in [0, 0.05) is 22.7 Å². The number of aromatic nitrogens is 1. The number of benzene rings is 2. The molecule has 128 valence electrons. The molecule has 0 spiro atoms. The molecule has 0 saturated carbocycles. The molecule has 0 fully saturated rings. The second-order valence-electron chi connectivity index (χ2n) is 5.36. The Kier molecular flexibility index (Phi) is 5.30. The van der Waals surface area contributed by atoms with E-state index >= 15 is 0 Å². The summed E-state index contributed by atoms with van der Waals surface area (Å²) in [7, 11) is 1.59. The highest BCUT2D eigenvalue weighted by molar-refractivity contribution is 7.09. The Morgan fingerprint density at radius 2 is 1.96 bits per heavy atom. The van der Waals surface area contributed by atoms with Gasteiger partial charge < -0.3 is 14.8 Å². The average molecular weight is 354 g/mol. The average Bonchev–Trinajstić information content (AvgIpc) is 3.06. The molecule has 0 radical (unpaired) electrons. The van der Waals surface area contributed by atoms with E-state index in [0.717, 1.165) is 10.7 Å². The molecule has 1 aromatic heterocycles. The van der Waals surface area contributed by atoms with E-state index in [-0.39, 0.29) is 5.91 Å². The summed E-state index contributed by atoms with van der Waals surface area (Å²) in [5.41, 5.74) is 2.08. The number of thiazole rings is 1. The van der Waals surface area contributed by atoms with Crippen molar-refractivity contribution in [2.24, 2.45) is 0 Å². The standard InChI is InChI=1S/C19H18N2O3S/c1-13-20-16(12-25-13)11-24-18-8-3-5-14(9-18)19(22)21-15-6-4-7-17(10-15)23-2/h3-10,12H,11H2,1-2H3,(H,21,22). The lowest BCUT2D eigenvalue weighted by Gasteiger charge is -2.09. The fourth-order valence-corrected chi connectivity index (χ4v) is 2.86. The van der Waals surface area contributed by atoms with E-state index in [0.29, 0.717) is 29.4 Å². The first-order valence-electron chi connectivity index (χ1n) is 7.73. The quantitative estimate of drug-likeness (QED) is 0.717. The fourth-order valence-electron chi connectivity index (χ4n) is 2.26. The fraction of sp³-hybridized carbons (Fsp3) is 0.158. The predicted molar refractivity (Wildman–Crippen MR) is 98.6 cm³/mol. The van der Waals surface area contributed by atoms with Gasteiger partial charge >= 0.3 is 0 Å². The first kappa shape index (κ1) is 17.0. The zero-order valence-corrected chi connectivity index (χ0v) is 14.8. The molecule has 0 aliphatic rings. The van der Waals surface area contributed by atoms with Crippen molar-refractivity contribution in [1.82, 2.24) is 4.98 Å². The molecule has 1 amide bonds. The lowest BCUT2D eigenvalue weighted by molar-refractivity contribution is 0.102. The highest BCUT2D eigenvalue weighted by atomic mass is 32.1. The van der Waals surface area contributed by atoms with E-state index in [2.05, 4.69) is 10.3 Å². The molecule has 0 bridgehead atoms. The lowest BCUT2D eigenvalue weighted by atomic mass is 10.2. The molecule has 5 nitrogen and oxygen atoms in total. The first-order chi connectivity index (χ1) is 12.1. The van der Waals surface area contributed by atoms with Gasteiger partial charge in [0.2, 0.25) is 0 Å². The van der Waals surface area contributed by atoms with Crippen molar-refractivity contribution >= 4 is 22.9 Å². The third kappa shape index (κ3) is 4.58. The summed E-state index contributed by atoms with van der Waals surface area (Å²) in [5.74, 6) is 1.11. The van der Waals surface area contributed by atoms with Gasteiger partial charge in [-0.3, -0.25) is 4.79 Å². The number of anilines is 1. The molecule has 0 atom stereocenters. The predicted octanol–water partition coefficient (Wildman–Crippen LogP) is 4.29. The number of methoxy groups -OCH3 is 1. The molecule has 0 unspecified atom stereocenters. The number of carbonyl (C=O) groups is 1. The van der Waals surface area contributed by atoms with Gasteiger partial charge in [-0.1, -0.05) is 12.1 Å². The highest BCUT2D eigenvalue weighted by Gasteiger charge is 2.08. The molecule has 6 heteroatoms. The largest absolute Gasteiger partial charge is 0.497 e. The topological polar surface area (TPSA) is 60.5 Å². The Hall–Kier alpha value is -2.86. The van der Waals surface area contributed by atoms with E-state index < -0.39 is 0 Å². The number of hydrogen-bond acceptors (Lipinski definition) is 5. The van der Waals surface area contributed by atoms with Crippen molar-refractivity contribution in [2.45, 2.75) is 13.5 Å². The maximum Gasteiger partial charge on any atom is 0.255 e. The Balaban J connectivity index is 1.66. The molecular weight excluding hydrogens is 336 g/mol. The molecule has 0 saturated heterocycles. The summed E-state index contributed by atoms with van der Waals surface area (Å²) in [6.07, 6.45) is 0. The molecule has 1 N–H and O–H groups in total. The van der Waals surface area contributed by atoms with Crippen molar-refractivity contribution in [3.63, 3.8) is 0 Å². The minimum atomic E-state index is -0.205. The van der Waals surface area contributed by atoms with Crippen LogP contribution in [-0.4, -0.2) is 18.0 Å². The minimum absolute atomic E-state index is 0.205. The highest BCUT2D eigenvalue weighted by Crippen LogP contribution is 2.20. The zero-order valence-electron chi connectivity index (χ0n) is 14.0. The van der Waals surface area contributed by atoms with Crippen molar-refractivity contribution in [3.05, 3.63) is 70.2 Å². The van der Waals surface area contributed by atoms with Gasteiger partial charge in [0.05, 0.1) is 17.8 Å². The van der Waals surface area contributed by atoms with E-state index in [4.69, 9.17) is 9.47 Å². The number of amides is 1. The van der Waals surface area contributed by atoms with Gasteiger partial charge in [-0.15, -0.1) is 11.3 Å². The maximum atomic E-state index is 12.4. The van der Waals surface area contributed by atoms with Gasteiger partial charge in [-0.25, -0.2) is 4.98 Å². The number of nitrogens with zero attached hydrogens (tertiary/aromatic N) is 1. The van der Waals surface area contributed by atoms with Crippen LogP contribution in [-0.2, 0) is 6.61 Å². The summed E-state index contributed by atoms with van der Waals surface area (Å²) in [6.45, 7) is 2.34. The summed E-state index contributed by atoms with van der Waals surface area (Å²) in [6, 6.07) is 14.3. The van der Waals surface area contributed by atoms with Gasteiger partial charge in [-0.2, -0.15) is 0 Å². The third-order valence-corrected chi connectivity index (χ3v) is 4.30. The number of carbonyl (C=O) groups excluding carboxylic acids is 1. The Morgan fingerprint density at radius 3 is 2.72 bits per heavy atom. The summed E-state index contributed by atoms with van der Waals surface area (Å²) in [5, 5.41) is 5.82. The number of nitrogens with one attached hydrogen (secondary N) is 1. The van der Waals surface area contributed by atoms with Crippen LogP contribution in [0.2, 0.25) is 0 Å². The van der Waals surface area contributed by atoms with Crippen LogP contribution in [0.5, 0.6) is 11.5 Å². The second-order valence-corrected chi connectivity index (χ2v) is 6.42. The van der Waals surface area contributed by atoms with Crippen LogP contribution >= 0.6 is 11.3 Å². The molecule has 25 heavy (non-hydrogen) atoms. The van der Waals surface area contributed by atoms with Gasteiger partial charge in [0.15, 0.2) is 0 Å². The van der Waals surface area contributed by atoms with Crippen LogP contribution < -0.4 is 14.8 Å². The summed E-state index contributed by atoms with van der Waals surface area (Å²) in [4.78, 5) is 16.8. The number of rotatable bonds is 6.